The minimum atomic E-state index is -0.128. The molecule has 0 bridgehead atoms. The Hall–Kier alpha value is -2.29. The Morgan fingerprint density at radius 3 is 2.68 bits per heavy atom. The smallest absolute Gasteiger partial charge is 0.255 e. The normalized spacial score (nSPS) is 9.95. The van der Waals surface area contributed by atoms with Gasteiger partial charge in [0.1, 0.15) is 5.75 Å². The number of rotatable bonds is 5. The van der Waals surface area contributed by atoms with E-state index >= 15 is 0 Å². The molecule has 1 radical (unpaired) electrons. The van der Waals surface area contributed by atoms with Crippen LogP contribution in [0.3, 0.4) is 0 Å². The first-order chi connectivity index (χ1) is 9.31. The average Bonchev–Trinajstić information content (AvgIpc) is 2.47. The summed E-state index contributed by atoms with van der Waals surface area (Å²) in [5.74, 6) is 0.487. The number of ether oxygens (including phenoxy) is 1. The first kappa shape index (κ1) is 13.1. The molecular weight excluding hydrogens is 238 g/mol. The fourth-order valence-corrected chi connectivity index (χ4v) is 1.75. The van der Waals surface area contributed by atoms with Gasteiger partial charge in [0.05, 0.1) is 12.2 Å². The number of carbonyl (C=O) groups is 1. The third kappa shape index (κ3) is 3.58. The molecule has 0 atom stereocenters. The van der Waals surface area contributed by atoms with E-state index < -0.39 is 0 Å². The molecule has 0 saturated heterocycles. The van der Waals surface area contributed by atoms with Gasteiger partial charge in [0.15, 0.2) is 0 Å². The molecule has 0 aliphatic carbocycles. The average molecular weight is 254 g/mol. The molecule has 2 rings (SSSR count). The minimum Gasteiger partial charge on any atom is -0.493 e. The van der Waals surface area contributed by atoms with Gasteiger partial charge < -0.3 is 10.1 Å². The predicted molar refractivity (Wildman–Crippen MR) is 74.1 cm³/mol. The highest BCUT2D eigenvalue weighted by Crippen LogP contribution is 2.17. The maximum Gasteiger partial charge on any atom is 0.255 e. The molecule has 2 aromatic rings. The van der Waals surface area contributed by atoms with Crippen molar-refractivity contribution in [3.63, 3.8) is 0 Å². The molecule has 0 heterocycles. The van der Waals surface area contributed by atoms with Crippen LogP contribution in [0.5, 0.6) is 5.75 Å². The summed E-state index contributed by atoms with van der Waals surface area (Å²) in [4.78, 5) is 12.1. The molecule has 1 amide bonds. The SMILES string of the molecule is CCOc1ccccc1C(=O)NCc1cc[c]cc1. The second-order valence-electron chi connectivity index (χ2n) is 4.02. The third-order valence-electron chi connectivity index (χ3n) is 2.67. The van der Waals surface area contributed by atoms with Crippen molar-refractivity contribution < 1.29 is 9.53 Å². The lowest BCUT2D eigenvalue weighted by atomic mass is 10.1. The van der Waals surface area contributed by atoms with Gasteiger partial charge in [-0.05, 0) is 30.7 Å². The first-order valence-corrected chi connectivity index (χ1v) is 6.26. The molecular formula is C16H16NO2. The molecule has 0 aliphatic heterocycles. The predicted octanol–water partition coefficient (Wildman–Crippen LogP) is 2.82. The molecule has 0 aliphatic rings. The van der Waals surface area contributed by atoms with Crippen LogP contribution in [-0.4, -0.2) is 12.5 Å². The van der Waals surface area contributed by atoms with Gasteiger partial charge >= 0.3 is 0 Å². The number of hydrogen-bond acceptors (Lipinski definition) is 2. The Bertz CT molecular complexity index is 537. The van der Waals surface area contributed by atoms with Gasteiger partial charge in [0.2, 0.25) is 0 Å². The Morgan fingerprint density at radius 2 is 1.95 bits per heavy atom. The van der Waals surface area contributed by atoms with E-state index in [1.807, 2.05) is 43.3 Å². The number of benzene rings is 2. The van der Waals surface area contributed by atoms with Crippen molar-refractivity contribution in [1.29, 1.82) is 0 Å². The van der Waals surface area contributed by atoms with Crippen LogP contribution in [0.1, 0.15) is 22.8 Å². The van der Waals surface area contributed by atoms with Crippen LogP contribution in [0.4, 0.5) is 0 Å². The summed E-state index contributed by atoms with van der Waals surface area (Å²) in [5.41, 5.74) is 1.60. The molecule has 3 nitrogen and oxygen atoms in total. The highest BCUT2D eigenvalue weighted by atomic mass is 16.5. The monoisotopic (exact) mass is 254 g/mol. The van der Waals surface area contributed by atoms with Crippen molar-refractivity contribution in [3.05, 3.63) is 65.7 Å². The summed E-state index contributed by atoms with van der Waals surface area (Å²) >= 11 is 0. The topological polar surface area (TPSA) is 38.3 Å². The molecule has 3 heteroatoms. The van der Waals surface area contributed by atoms with Crippen LogP contribution in [0.25, 0.3) is 0 Å². The minimum absolute atomic E-state index is 0.128. The molecule has 0 unspecified atom stereocenters. The van der Waals surface area contributed by atoms with E-state index in [0.29, 0.717) is 24.5 Å². The van der Waals surface area contributed by atoms with E-state index in [9.17, 15) is 4.79 Å². The molecule has 0 aromatic heterocycles. The molecule has 2 aromatic carbocycles. The Balaban J connectivity index is 2.04. The lowest BCUT2D eigenvalue weighted by Gasteiger charge is -2.10. The highest BCUT2D eigenvalue weighted by Gasteiger charge is 2.11. The molecule has 97 valence electrons. The van der Waals surface area contributed by atoms with E-state index in [2.05, 4.69) is 11.4 Å². The van der Waals surface area contributed by atoms with Crippen molar-refractivity contribution in [1.82, 2.24) is 5.32 Å². The quantitative estimate of drug-likeness (QED) is 0.891. The fourth-order valence-electron chi connectivity index (χ4n) is 1.75. The Morgan fingerprint density at radius 1 is 1.21 bits per heavy atom. The molecule has 1 N–H and O–H groups in total. The van der Waals surface area contributed by atoms with E-state index in [1.54, 1.807) is 12.1 Å². The Kier molecular flexibility index (Phi) is 4.56. The van der Waals surface area contributed by atoms with Gasteiger partial charge in [-0.25, -0.2) is 0 Å². The van der Waals surface area contributed by atoms with E-state index in [1.165, 1.54) is 0 Å². The van der Waals surface area contributed by atoms with Crippen LogP contribution in [0.2, 0.25) is 0 Å². The number of para-hydroxylation sites is 1. The van der Waals surface area contributed by atoms with Crippen molar-refractivity contribution in [2.75, 3.05) is 6.61 Å². The van der Waals surface area contributed by atoms with Crippen LogP contribution in [-0.2, 0) is 6.54 Å². The fraction of sp³-hybridized carbons (Fsp3) is 0.188. The number of amides is 1. The maximum absolute atomic E-state index is 12.1. The summed E-state index contributed by atoms with van der Waals surface area (Å²) in [5, 5.41) is 2.88. The zero-order valence-corrected chi connectivity index (χ0v) is 10.8. The number of hydrogen-bond donors (Lipinski definition) is 1. The van der Waals surface area contributed by atoms with Gasteiger partial charge in [-0.2, -0.15) is 0 Å². The lowest BCUT2D eigenvalue weighted by molar-refractivity contribution is 0.0947. The van der Waals surface area contributed by atoms with Crippen LogP contribution < -0.4 is 10.1 Å². The standard InChI is InChI=1S/C16H16NO2/c1-2-19-15-11-7-6-10-14(15)16(18)17-12-13-8-4-3-5-9-13/h4-11H,2,12H2,1H3,(H,17,18). The van der Waals surface area contributed by atoms with Gasteiger partial charge in [0, 0.05) is 6.54 Å². The second kappa shape index (κ2) is 6.59. The Labute approximate surface area is 113 Å². The van der Waals surface area contributed by atoms with E-state index in [0.717, 1.165) is 5.56 Å². The van der Waals surface area contributed by atoms with Crippen molar-refractivity contribution >= 4 is 5.91 Å². The van der Waals surface area contributed by atoms with Crippen molar-refractivity contribution in [2.24, 2.45) is 0 Å². The summed E-state index contributed by atoms with van der Waals surface area (Å²) in [6, 6.07) is 17.7. The van der Waals surface area contributed by atoms with Gasteiger partial charge in [-0.1, -0.05) is 36.4 Å². The van der Waals surface area contributed by atoms with Crippen LogP contribution in [0, 0.1) is 6.07 Å². The van der Waals surface area contributed by atoms with E-state index in [4.69, 9.17) is 4.74 Å². The first-order valence-electron chi connectivity index (χ1n) is 6.26. The van der Waals surface area contributed by atoms with Crippen LogP contribution >= 0.6 is 0 Å². The van der Waals surface area contributed by atoms with Gasteiger partial charge in [-0.3, -0.25) is 4.79 Å². The molecule has 19 heavy (non-hydrogen) atoms. The summed E-state index contributed by atoms with van der Waals surface area (Å²) in [6.07, 6.45) is 0. The number of carbonyl (C=O) groups excluding carboxylic acids is 1. The summed E-state index contributed by atoms with van der Waals surface area (Å²) in [7, 11) is 0. The van der Waals surface area contributed by atoms with Crippen LogP contribution in [0.15, 0.2) is 48.5 Å². The van der Waals surface area contributed by atoms with Crippen molar-refractivity contribution in [2.45, 2.75) is 13.5 Å². The van der Waals surface area contributed by atoms with E-state index in [-0.39, 0.29) is 5.91 Å². The summed E-state index contributed by atoms with van der Waals surface area (Å²) in [6.45, 7) is 2.93. The zero-order chi connectivity index (χ0) is 13.5. The van der Waals surface area contributed by atoms with Crippen molar-refractivity contribution in [3.8, 4) is 5.75 Å². The largest absolute Gasteiger partial charge is 0.493 e. The molecule has 0 spiro atoms. The molecule has 0 saturated carbocycles. The van der Waals surface area contributed by atoms with Gasteiger partial charge in [-0.15, -0.1) is 0 Å². The summed E-state index contributed by atoms with van der Waals surface area (Å²) < 4.78 is 5.44. The number of nitrogens with one attached hydrogen (secondary N) is 1. The maximum atomic E-state index is 12.1. The third-order valence-corrected chi connectivity index (χ3v) is 2.67. The lowest BCUT2D eigenvalue weighted by Crippen LogP contribution is -2.23. The zero-order valence-electron chi connectivity index (χ0n) is 10.8. The second-order valence-corrected chi connectivity index (χ2v) is 4.02. The molecule has 0 fully saturated rings. The van der Waals surface area contributed by atoms with Gasteiger partial charge in [0.25, 0.3) is 5.91 Å². The highest BCUT2D eigenvalue weighted by molar-refractivity contribution is 5.96.